The van der Waals surface area contributed by atoms with Gasteiger partial charge in [0.25, 0.3) is 0 Å². The number of rotatable bonds is 7. The highest BCUT2D eigenvalue weighted by molar-refractivity contribution is 5.82. The molecule has 1 atom stereocenters. The van der Waals surface area contributed by atoms with Crippen LogP contribution >= 0.6 is 0 Å². The maximum atomic E-state index is 12.7. The first-order valence-electron chi connectivity index (χ1n) is 9.52. The second-order valence-electron chi connectivity index (χ2n) is 7.66. The van der Waals surface area contributed by atoms with E-state index in [2.05, 4.69) is 4.98 Å². The Kier molecular flexibility index (Phi) is 5.97. The molecule has 1 aliphatic heterocycles. The summed E-state index contributed by atoms with van der Waals surface area (Å²) in [5.74, 6) is -0.193. The summed E-state index contributed by atoms with van der Waals surface area (Å²) in [6.07, 6.45) is 4.20. The third-order valence-corrected chi connectivity index (χ3v) is 5.57. The first-order chi connectivity index (χ1) is 13.4. The van der Waals surface area contributed by atoms with Crippen molar-refractivity contribution in [3.8, 4) is 5.75 Å². The predicted octanol–water partition coefficient (Wildman–Crippen LogP) is 3.16. The van der Waals surface area contributed by atoms with E-state index in [9.17, 15) is 14.7 Å². The largest absolute Gasteiger partial charge is 0.489 e. The van der Waals surface area contributed by atoms with Gasteiger partial charge >= 0.3 is 5.97 Å². The Labute approximate surface area is 165 Å². The molecule has 3 rings (SSSR count). The van der Waals surface area contributed by atoms with Crippen LogP contribution in [0.3, 0.4) is 0 Å². The Morgan fingerprint density at radius 3 is 2.68 bits per heavy atom. The van der Waals surface area contributed by atoms with Crippen molar-refractivity contribution >= 4 is 11.9 Å². The average Bonchev–Trinajstić information content (AvgIpc) is 3.15. The second kappa shape index (κ2) is 8.42. The summed E-state index contributed by atoms with van der Waals surface area (Å²) < 4.78 is 5.79. The van der Waals surface area contributed by atoms with Gasteiger partial charge in [-0.1, -0.05) is 32.0 Å². The standard InChI is InChI=1S/C22H26N2O4/c1-16(2)22(21(26)27)8-10-24(15-22)20(25)12-17-5-3-7-19(11-17)28-14-18-6-4-9-23-13-18/h3-7,9,11,13,16H,8,10,12,14-15H2,1-2H3,(H,26,27). The van der Waals surface area contributed by atoms with E-state index in [0.717, 1.165) is 11.1 Å². The SMILES string of the molecule is CC(C)C1(C(=O)O)CCN(C(=O)Cc2cccc(OCc3cccnc3)c2)C1. The zero-order chi connectivity index (χ0) is 20.1. The van der Waals surface area contributed by atoms with Crippen LogP contribution in [-0.2, 0) is 22.6 Å². The minimum atomic E-state index is -0.843. The quantitative estimate of drug-likeness (QED) is 0.796. The van der Waals surface area contributed by atoms with E-state index in [1.807, 2.05) is 50.2 Å². The fraction of sp³-hybridized carbons (Fsp3) is 0.409. The first-order valence-corrected chi connectivity index (χ1v) is 9.52. The minimum Gasteiger partial charge on any atom is -0.489 e. The van der Waals surface area contributed by atoms with E-state index in [1.54, 1.807) is 17.3 Å². The van der Waals surface area contributed by atoms with E-state index in [0.29, 0.717) is 25.3 Å². The Morgan fingerprint density at radius 1 is 1.25 bits per heavy atom. The molecule has 1 unspecified atom stereocenters. The van der Waals surface area contributed by atoms with Gasteiger partial charge in [0.2, 0.25) is 5.91 Å². The number of aromatic nitrogens is 1. The summed E-state index contributed by atoms with van der Waals surface area (Å²) in [4.78, 5) is 30.2. The lowest BCUT2D eigenvalue weighted by atomic mass is 9.76. The topological polar surface area (TPSA) is 79.7 Å². The number of ether oxygens (including phenoxy) is 1. The van der Waals surface area contributed by atoms with Crippen molar-refractivity contribution in [1.29, 1.82) is 0 Å². The van der Waals surface area contributed by atoms with Crippen molar-refractivity contribution in [2.24, 2.45) is 11.3 Å². The third-order valence-electron chi connectivity index (χ3n) is 5.57. The van der Waals surface area contributed by atoms with Gasteiger partial charge in [0.15, 0.2) is 0 Å². The third kappa shape index (κ3) is 4.32. The number of pyridine rings is 1. The molecule has 0 aliphatic carbocycles. The number of likely N-dealkylation sites (tertiary alicyclic amines) is 1. The molecular weight excluding hydrogens is 356 g/mol. The minimum absolute atomic E-state index is 0.0213. The molecule has 1 aliphatic rings. The fourth-order valence-electron chi connectivity index (χ4n) is 3.62. The van der Waals surface area contributed by atoms with Gasteiger partial charge in [-0.3, -0.25) is 14.6 Å². The number of hydrogen-bond donors (Lipinski definition) is 1. The summed E-state index contributed by atoms with van der Waals surface area (Å²) >= 11 is 0. The zero-order valence-corrected chi connectivity index (χ0v) is 16.3. The number of carbonyl (C=O) groups excluding carboxylic acids is 1. The van der Waals surface area contributed by atoms with E-state index >= 15 is 0 Å². The van der Waals surface area contributed by atoms with Gasteiger partial charge in [0.05, 0.1) is 11.8 Å². The van der Waals surface area contributed by atoms with Crippen molar-refractivity contribution in [3.05, 3.63) is 59.9 Å². The van der Waals surface area contributed by atoms with Crippen LogP contribution < -0.4 is 4.74 Å². The first kappa shape index (κ1) is 19.9. The van der Waals surface area contributed by atoms with Crippen LogP contribution in [-0.4, -0.2) is 40.0 Å². The highest BCUT2D eigenvalue weighted by atomic mass is 16.5. The molecule has 6 heteroatoms. The van der Waals surface area contributed by atoms with Gasteiger partial charge in [-0.2, -0.15) is 0 Å². The normalized spacial score (nSPS) is 19.0. The highest BCUT2D eigenvalue weighted by Gasteiger charge is 2.48. The molecule has 1 N–H and O–H groups in total. The van der Waals surface area contributed by atoms with Crippen molar-refractivity contribution in [2.45, 2.75) is 33.3 Å². The molecule has 0 spiro atoms. The number of carboxylic acids is 1. The molecule has 2 aromatic rings. The summed E-state index contributed by atoms with van der Waals surface area (Å²) in [5, 5.41) is 9.65. The number of aliphatic carboxylic acids is 1. The molecule has 28 heavy (non-hydrogen) atoms. The molecule has 1 fully saturated rings. The Hall–Kier alpha value is -2.89. The number of carboxylic acid groups (broad SMARTS) is 1. The van der Waals surface area contributed by atoms with E-state index < -0.39 is 11.4 Å². The molecule has 0 saturated carbocycles. The van der Waals surface area contributed by atoms with Gasteiger partial charge in [-0.25, -0.2) is 0 Å². The summed E-state index contributed by atoms with van der Waals surface area (Å²) in [6.45, 7) is 4.99. The van der Waals surface area contributed by atoms with E-state index in [-0.39, 0.29) is 24.8 Å². The Morgan fingerprint density at radius 2 is 2.04 bits per heavy atom. The van der Waals surface area contributed by atoms with Crippen LogP contribution in [0, 0.1) is 11.3 Å². The molecule has 1 aromatic carbocycles. The van der Waals surface area contributed by atoms with Crippen molar-refractivity contribution in [1.82, 2.24) is 9.88 Å². The van der Waals surface area contributed by atoms with Gasteiger partial charge in [-0.15, -0.1) is 0 Å². The van der Waals surface area contributed by atoms with Crippen molar-refractivity contribution in [3.63, 3.8) is 0 Å². The summed E-state index contributed by atoms with van der Waals surface area (Å²) in [6, 6.07) is 11.3. The second-order valence-corrected chi connectivity index (χ2v) is 7.66. The molecule has 2 heterocycles. The number of hydrogen-bond acceptors (Lipinski definition) is 4. The lowest BCUT2D eigenvalue weighted by Crippen LogP contribution is -2.41. The van der Waals surface area contributed by atoms with E-state index in [4.69, 9.17) is 4.74 Å². The van der Waals surface area contributed by atoms with Crippen LogP contribution in [0.4, 0.5) is 0 Å². The number of amides is 1. The van der Waals surface area contributed by atoms with Crippen LogP contribution in [0.5, 0.6) is 5.75 Å². The maximum Gasteiger partial charge on any atom is 0.311 e. The van der Waals surface area contributed by atoms with Crippen LogP contribution in [0.2, 0.25) is 0 Å². The molecule has 148 valence electrons. The number of nitrogens with zero attached hydrogens (tertiary/aromatic N) is 2. The molecule has 1 saturated heterocycles. The van der Waals surface area contributed by atoms with E-state index in [1.165, 1.54) is 0 Å². The molecule has 0 bridgehead atoms. The highest BCUT2D eigenvalue weighted by Crippen LogP contribution is 2.38. The summed E-state index contributed by atoms with van der Waals surface area (Å²) in [7, 11) is 0. The van der Waals surface area contributed by atoms with Crippen molar-refractivity contribution < 1.29 is 19.4 Å². The van der Waals surface area contributed by atoms with Crippen LogP contribution in [0.15, 0.2) is 48.8 Å². The lowest BCUT2D eigenvalue weighted by molar-refractivity contribution is -0.151. The van der Waals surface area contributed by atoms with Gasteiger partial charge in [0.1, 0.15) is 12.4 Å². The molecule has 1 amide bonds. The predicted molar refractivity (Wildman–Crippen MR) is 105 cm³/mol. The van der Waals surface area contributed by atoms with Gasteiger partial charge < -0.3 is 14.7 Å². The zero-order valence-electron chi connectivity index (χ0n) is 16.3. The van der Waals surface area contributed by atoms with Crippen LogP contribution in [0.25, 0.3) is 0 Å². The fourth-order valence-corrected chi connectivity index (χ4v) is 3.62. The molecule has 0 radical (unpaired) electrons. The maximum absolute atomic E-state index is 12.7. The van der Waals surface area contributed by atoms with Crippen molar-refractivity contribution in [2.75, 3.05) is 13.1 Å². The molecular formula is C22H26N2O4. The van der Waals surface area contributed by atoms with Gasteiger partial charge in [0, 0.05) is 31.0 Å². The lowest BCUT2D eigenvalue weighted by Gasteiger charge is -2.28. The number of benzene rings is 1. The van der Waals surface area contributed by atoms with Crippen LogP contribution in [0.1, 0.15) is 31.4 Å². The molecule has 6 nitrogen and oxygen atoms in total. The van der Waals surface area contributed by atoms with Gasteiger partial charge in [-0.05, 0) is 36.1 Å². The smallest absolute Gasteiger partial charge is 0.311 e. The monoisotopic (exact) mass is 382 g/mol. The number of carbonyl (C=O) groups is 2. The molecule has 1 aromatic heterocycles. The Balaban J connectivity index is 1.61. The average molecular weight is 382 g/mol. The summed E-state index contributed by atoms with van der Waals surface area (Å²) in [5.41, 5.74) is 0.982. The Bertz CT molecular complexity index is 837.